The second-order valence-electron chi connectivity index (χ2n) is 7.94. The number of hydrogen-bond acceptors (Lipinski definition) is 5. The van der Waals surface area contributed by atoms with Crippen LogP contribution in [0, 0.1) is 0 Å². The van der Waals surface area contributed by atoms with Crippen LogP contribution in [0.25, 0.3) is 10.9 Å². The van der Waals surface area contributed by atoms with E-state index < -0.39 is 0 Å². The van der Waals surface area contributed by atoms with E-state index in [-0.39, 0.29) is 0 Å². The summed E-state index contributed by atoms with van der Waals surface area (Å²) in [6.07, 6.45) is 8.39. The standard InChI is InChI=1S/C22H31N3O2/c1-25-11-7-8-15(14-25)23-22-16-9-5-4-6-10-18(16)24-19-13-21(27-3)20(26-2)12-17(19)22/h12-13,15H,4-11,14H2,1-3H3,(H,23,24)/t15-/m1/s1. The summed E-state index contributed by atoms with van der Waals surface area (Å²) < 4.78 is 11.1. The number of piperidine rings is 1. The van der Waals surface area contributed by atoms with Crippen molar-refractivity contribution in [1.29, 1.82) is 0 Å². The van der Waals surface area contributed by atoms with Crippen LogP contribution in [0.5, 0.6) is 11.5 Å². The number of fused-ring (bicyclic) bond motifs is 2. The van der Waals surface area contributed by atoms with Crippen molar-refractivity contribution in [1.82, 2.24) is 9.88 Å². The molecule has 5 heteroatoms. The van der Waals surface area contributed by atoms with Gasteiger partial charge in [-0.15, -0.1) is 0 Å². The van der Waals surface area contributed by atoms with E-state index in [9.17, 15) is 0 Å². The molecule has 1 aromatic heterocycles. The van der Waals surface area contributed by atoms with Crippen molar-refractivity contribution in [2.45, 2.75) is 51.0 Å². The summed E-state index contributed by atoms with van der Waals surface area (Å²) in [6.45, 7) is 2.28. The molecule has 1 saturated heterocycles. The molecule has 0 amide bonds. The van der Waals surface area contributed by atoms with E-state index in [2.05, 4.69) is 23.3 Å². The molecule has 4 rings (SSSR count). The molecule has 146 valence electrons. The summed E-state index contributed by atoms with van der Waals surface area (Å²) in [7, 11) is 5.60. The van der Waals surface area contributed by atoms with Gasteiger partial charge in [-0.3, -0.25) is 4.98 Å². The van der Waals surface area contributed by atoms with Gasteiger partial charge in [0.1, 0.15) is 0 Å². The van der Waals surface area contributed by atoms with E-state index in [0.717, 1.165) is 41.8 Å². The van der Waals surface area contributed by atoms with Gasteiger partial charge < -0.3 is 19.7 Å². The first-order chi connectivity index (χ1) is 13.2. The molecule has 1 aliphatic carbocycles. The fourth-order valence-electron chi connectivity index (χ4n) is 4.58. The minimum Gasteiger partial charge on any atom is -0.493 e. The van der Waals surface area contributed by atoms with E-state index >= 15 is 0 Å². The molecular weight excluding hydrogens is 338 g/mol. The zero-order valence-corrected chi connectivity index (χ0v) is 16.8. The maximum Gasteiger partial charge on any atom is 0.162 e. The van der Waals surface area contributed by atoms with Crippen LogP contribution in [0.15, 0.2) is 12.1 Å². The predicted molar refractivity (Wildman–Crippen MR) is 110 cm³/mol. The molecule has 0 spiro atoms. The van der Waals surface area contributed by atoms with Gasteiger partial charge in [-0.1, -0.05) is 6.42 Å². The Morgan fingerprint density at radius 1 is 1.04 bits per heavy atom. The largest absolute Gasteiger partial charge is 0.493 e. The normalized spacial score (nSPS) is 20.8. The number of pyridine rings is 1. The molecule has 1 atom stereocenters. The van der Waals surface area contributed by atoms with Gasteiger partial charge in [-0.25, -0.2) is 0 Å². The molecule has 2 aromatic rings. The Labute approximate surface area is 162 Å². The van der Waals surface area contributed by atoms with Crippen LogP contribution in [0.2, 0.25) is 0 Å². The number of anilines is 1. The molecule has 1 aromatic carbocycles. The number of hydrogen-bond donors (Lipinski definition) is 1. The maximum absolute atomic E-state index is 5.59. The second-order valence-corrected chi connectivity index (χ2v) is 7.94. The van der Waals surface area contributed by atoms with Crippen LogP contribution in [-0.4, -0.2) is 50.3 Å². The Balaban J connectivity index is 1.85. The van der Waals surface area contributed by atoms with Gasteiger partial charge in [0.05, 0.1) is 19.7 Å². The summed E-state index contributed by atoms with van der Waals surface area (Å²) >= 11 is 0. The fourth-order valence-corrected chi connectivity index (χ4v) is 4.58. The average Bonchev–Trinajstić information content (AvgIpc) is 2.92. The molecular formula is C22H31N3O2. The quantitative estimate of drug-likeness (QED) is 0.825. The number of aryl methyl sites for hydroxylation is 1. The molecule has 1 aliphatic heterocycles. The number of nitrogens with one attached hydrogen (secondary N) is 1. The van der Waals surface area contributed by atoms with Crippen LogP contribution in [0.3, 0.4) is 0 Å². The number of ether oxygens (including phenoxy) is 2. The maximum atomic E-state index is 5.59. The van der Waals surface area contributed by atoms with Gasteiger partial charge in [0.15, 0.2) is 11.5 Å². The van der Waals surface area contributed by atoms with Crippen LogP contribution in [0.1, 0.15) is 43.4 Å². The minimum absolute atomic E-state index is 0.481. The fraction of sp³-hybridized carbons (Fsp3) is 0.591. The lowest BCUT2D eigenvalue weighted by molar-refractivity contribution is 0.261. The topological polar surface area (TPSA) is 46.6 Å². The first kappa shape index (κ1) is 18.4. The van der Waals surface area contributed by atoms with Gasteiger partial charge in [-0.05, 0) is 63.7 Å². The van der Waals surface area contributed by atoms with Crippen molar-refractivity contribution in [3.63, 3.8) is 0 Å². The number of methoxy groups -OCH3 is 2. The first-order valence-electron chi connectivity index (χ1n) is 10.2. The zero-order chi connectivity index (χ0) is 18.8. The van der Waals surface area contributed by atoms with Crippen molar-refractivity contribution < 1.29 is 9.47 Å². The van der Waals surface area contributed by atoms with Crippen LogP contribution in [-0.2, 0) is 12.8 Å². The van der Waals surface area contributed by atoms with E-state index in [0.29, 0.717) is 6.04 Å². The monoisotopic (exact) mass is 369 g/mol. The molecule has 0 saturated carbocycles. The third-order valence-corrected chi connectivity index (χ3v) is 5.99. The summed E-state index contributed by atoms with van der Waals surface area (Å²) in [5.41, 5.74) is 4.96. The predicted octanol–water partition coefficient (Wildman–Crippen LogP) is 4.03. The Bertz CT molecular complexity index is 821. The highest BCUT2D eigenvalue weighted by atomic mass is 16.5. The lowest BCUT2D eigenvalue weighted by Crippen LogP contribution is -2.40. The summed E-state index contributed by atoms with van der Waals surface area (Å²) in [4.78, 5) is 7.47. The molecule has 0 bridgehead atoms. The number of benzene rings is 1. The van der Waals surface area contributed by atoms with Crippen LogP contribution < -0.4 is 14.8 Å². The van der Waals surface area contributed by atoms with E-state index in [1.807, 2.05) is 6.07 Å². The molecule has 1 N–H and O–H groups in total. The van der Waals surface area contributed by atoms with Gasteiger partial charge in [0.2, 0.25) is 0 Å². The smallest absolute Gasteiger partial charge is 0.162 e. The zero-order valence-electron chi connectivity index (χ0n) is 16.8. The Kier molecular flexibility index (Phi) is 5.39. The molecule has 27 heavy (non-hydrogen) atoms. The second kappa shape index (κ2) is 7.93. The van der Waals surface area contributed by atoms with Crippen LogP contribution in [0.4, 0.5) is 5.69 Å². The van der Waals surface area contributed by atoms with E-state index in [1.165, 1.54) is 55.6 Å². The molecule has 2 heterocycles. The van der Waals surface area contributed by atoms with Gasteiger partial charge >= 0.3 is 0 Å². The Morgan fingerprint density at radius 3 is 2.59 bits per heavy atom. The third kappa shape index (κ3) is 3.70. The lowest BCUT2D eigenvalue weighted by Gasteiger charge is -2.32. The number of aromatic nitrogens is 1. The highest BCUT2D eigenvalue weighted by Gasteiger charge is 2.23. The molecule has 5 nitrogen and oxygen atoms in total. The SMILES string of the molecule is COc1cc2nc3c(c(N[C@@H]4CCCN(C)C4)c2cc1OC)CCCCC3. The summed E-state index contributed by atoms with van der Waals surface area (Å²) in [5, 5.41) is 5.08. The van der Waals surface area contributed by atoms with E-state index in [1.54, 1.807) is 14.2 Å². The Morgan fingerprint density at radius 2 is 1.81 bits per heavy atom. The highest BCUT2D eigenvalue weighted by Crippen LogP contribution is 2.39. The van der Waals surface area contributed by atoms with Crippen molar-refractivity contribution in [3.8, 4) is 11.5 Å². The highest BCUT2D eigenvalue weighted by molar-refractivity contribution is 5.96. The van der Waals surface area contributed by atoms with E-state index in [4.69, 9.17) is 14.5 Å². The molecule has 0 unspecified atom stereocenters. The summed E-state index contributed by atoms with van der Waals surface area (Å²) in [6, 6.07) is 4.61. The number of rotatable bonds is 4. The van der Waals surface area contributed by atoms with Gasteiger partial charge in [0, 0.05) is 35.4 Å². The molecule has 2 aliphatic rings. The van der Waals surface area contributed by atoms with Crippen LogP contribution >= 0.6 is 0 Å². The minimum atomic E-state index is 0.481. The first-order valence-corrected chi connectivity index (χ1v) is 10.2. The van der Waals surface area contributed by atoms with Gasteiger partial charge in [0.25, 0.3) is 0 Å². The molecule has 0 radical (unpaired) electrons. The molecule has 1 fully saturated rings. The number of likely N-dealkylation sites (tertiary alicyclic amines) is 1. The van der Waals surface area contributed by atoms with Crippen molar-refractivity contribution >= 4 is 16.6 Å². The lowest BCUT2D eigenvalue weighted by atomic mass is 9.99. The van der Waals surface area contributed by atoms with Crippen molar-refractivity contribution in [2.24, 2.45) is 0 Å². The number of likely N-dealkylation sites (N-methyl/N-ethyl adjacent to an activating group) is 1. The summed E-state index contributed by atoms with van der Waals surface area (Å²) in [5.74, 6) is 1.51. The van der Waals surface area contributed by atoms with Crippen molar-refractivity contribution in [3.05, 3.63) is 23.4 Å². The van der Waals surface area contributed by atoms with Crippen molar-refractivity contribution in [2.75, 3.05) is 39.7 Å². The number of nitrogens with zero attached hydrogens (tertiary/aromatic N) is 2. The Hall–Kier alpha value is -2.01. The third-order valence-electron chi connectivity index (χ3n) is 5.99. The average molecular weight is 370 g/mol. The van der Waals surface area contributed by atoms with Gasteiger partial charge in [-0.2, -0.15) is 0 Å².